The molecule has 0 saturated heterocycles. The molecule has 0 spiro atoms. The molecule has 2 amide bonds. The molecule has 138 valence electrons. The second-order valence-electron chi connectivity index (χ2n) is 6.22. The van der Waals surface area contributed by atoms with Crippen molar-refractivity contribution in [2.75, 3.05) is 0 Å². The maximum Gasteiger partial charge on any atom is 0.391 e. The van der Waals surface area contributed by atoms with E-state index >= 15 is 0 Å². The highest BCUT2D eigenvalue weighted by Gasteiger charge is 2.37. The number of aliphatic carboxylic acids is 1. The SMILES string of the molecule is CC(NC(=O)CC1CCCCC1)C(=O)NC(CC(F)(F)F)C(=O)O. The van der Waals surface area contributed by atoms with Gasteiger partial charge in [-0.05, 0) is 25.7 Å². The third-order valence-corrected chi connectivity index (χ3v) is 4.02. The van der Waals surface area contributed by atoms with E-state index in [0.717, 1.165) is 32.1 Å². The Hall–Kier alpha value is -1.80. The Balaban J connectivity index is 2.47. The maximum absolute atomic E-state index is 12.3. The van der Waals surface area contributed by atoms with E-state index in [0.29, 0.717) is 0 Å². The largest absolute Gasteiger partial charge is 0.480 e. The monoisotopic (exact) mass is 352 g/mol. The summed E-state index contributed by atoms with van der Waals surface area (Å²) in [5.41, 5.74) is 0. The molecule has 24 heavy (non-hydrogen) atoms. The summed E-state index contributed by atoms with van der Waals surface area (Å²) in [6, 6.07) is -3.17. The number of halogens is 3. The van der Waals surface area contributed by atoms with Crippen molar-refractivity contribution in [3.8, 4) is 0 Å². The van der Waals surface area contributed by atoms with Crippen molar-refractivity contribution in [1.29, 1.82) is 0 Å². The van der Waals surface area contributed by atoms with Gasteiger partial charge < -0.3 is 15.7 Å². The third kappa shape index (κ3) is 7.65. The molecule has 1 fully saturated rings. The number of rotatable bonds is 7. The van der Waals surface area contributed by atoms with Gasteiger partial charge in [-0.25, -0.2) is 4.79 Å². The Labute approximate surface area is 138 Å². The number of amides is 2. The number of carbonyl (C=O) groups is 3. The van der Waals surface area contributed by atoms with Crippen LogP contribution in [0.25, 0.3) is 0 Å². The third-order valence-electron chi connectivity index (χ3n) is 4.02. The van der Waals surface area contributed by atoms with Gasteiger partial charge in [0.15, 0.2) is 0 Å². The van der Waals surface area contributed by atoms with E-state index in [9.17, 15) is 27.6 Å². The summed E-state index contributed by atoms with van der Waals surface area (Å²) >= 11 is 0. The number of hydrogen-bond acceptors (Lipinski definition) is 3. The van der Waals surface area contributed by atoms with Crippen LogP contribution in [0.1, 0.15) is 51.9 Å². The van der Waals surface area contributed by atoms with E-state index < -0.39 is 36.6 Å². The summed E-state index contributed by atoms with van der Waals surface area (Å²) in [7, 11) is 0. The fraction of sp³-hybridized carbons (Fsp3) is 0.800. The highest BCUT2D eigenvalue weighted by Crippen LogP contribution is 2.26. The maximum atomic E-state index is 12.3. The first-order valence-electron chi connectivity index (χ1n) is 7.98. The summed E-state index contributed by atoms with van der Waals surface area (Å²) in [6.07, 6.45) is -0.964. The van der Waals surface area contributed by atoms with Crippen molar-refractivity contribution in [3.63, 3.8) is 0 Å². The lowest BCUT2D eigenvalue weighted by molar-refractivity contribution is -0.160. The molecule has 0 aliphatic heterocycles. The summed E-state index contributed by atoms with van der Waals surface area (Å²) in [6.45, 7) is 1.31. The topological polar surface area (TPSA) is 95.5 Å². The van der Waals surface area contributed by atoms with Crippen molar-refractivity contribution >= 4 is 17.8 Å². The minimum absolute atomic E-state index is 0.256. The molecule has 1 aliphatic carbocycles. The molecular weight excluding hydrogens is 329 g/mol. The van der Waals surface area contributed by atoms with Gasteiger partial charge in [-0.15, -0.1) is 0 Å². The summed E-state index contributed by atoms with van der Waals surface area (Å²) < 4.78 is 36.9. The number of carboxylic acid groups (broad SMARTS) is 1. The zero-order valence-electron chi connectivity index (χ0n) is 13.5. The molecule has 0 bridgehead atoms. The first kappa shape index (κ1) is 20.2. The van der Waals surface area contributed by atoms with Crippen LogP contribution in [-0.2, 0) is 14.4 Å². The van der Waals surface area contributed by atoms with Gasteiger partial charge in [-0.2, -0.15) is 13.2 Å². The van der Waals surface area contributed by atoms with Crippen LogP contribution in [0.2, 0.25) is 0 Å². The van der Waals surface area contributed by atoms with Gasteiger partial charge in [0.25, 0.3) is 0 Å². The minimum atomic E-state index is -4.72. The predicted molar refractivity (Wildman–Crippen MR) is 79.0 cm³/mol. The highest BCUT2D eigenvalue weighted by molar-refractivity contribution is 5.90. The average molecular weight is 352 g/mol. The number of carboxylic acids is 1. The van der Waals surface area contributed by atoms with E-state index in [-0.39, 0.29) is 18.2 Å². The van der Waals surface area contributed by atoms with Crippen LogP contribution < -0.4 is 10.6 Å². The van der Waals surface area contributed by atoms with Gasteiger partial charge in [-0.1, -0.05) is 19.3 Å². The standard InChI is InChI=1S/C15H23F3N2O4/c1-9(19-12(21)7-10-5-3-2-4-6-10)13(22)20-11(14(23)24)8-15(16,17)18/h9-11H,2-8H2,1H3,(H,19,21)(H,20,22)(H,23,24). The molecule has 2 atom stereocenters. The second-order valence-corrected chi connectivity index (χ2v) is 6.22. The van der Waals surface area contributed by atoms with E-state index in [1.165, 1.54) is 6.92 Å². The lowest BCUT2D eigenvalue weighted by Gasteiger charge is -2.23. The van der Waals surface area contributed by atoms with Crippen LogP contribution in [0.15, 0.2) is 0 Å². The summed E-state index contributed by atoms with van der Waals surface area (Å²) in [4.78, 5) is 34.5. The van der Waals surface area contributed by atoms with Crippen molar-refractivity contribution in [2.45, 2.75) is 70.1 Å². The van der Waals surface area contributed by atoms with Crippen LogP contribution in [0.4, 0.5) is 13.2 Å². The number of alkyl halides is 3. The van der Waals surface area contributed by atoms with Crippen LogP contribution in [0.3, 0.4) is 0 Å². The molecule has 1 saturated carbocycles. The number of carbonyl (C=O) groups excluding carboxylic acids is 2. The second kappa shape index (κ2) is 8.89. The van der Waals surface area contributed by atoms with Crippen LogP contribution in [0.5, 0.6) is 0 Å². The van der Waals surface area contributed by atoms with Gasteiger partial charge in [0.2, 0.25) is 11.8 Å². The minimum Gasteiger partial charge on any atom is -0.480 e. The Morgan fingerprint density at radius 1 is 1.12 bits per heavy atom. The number of nitrogens with one attached hydrogen (secondary N) is 2. The van der Waals surface area contributed by atoms with Gasteiger partial charge in [0, 0.05) is 6.42 Å². The molecule has 1 aliphatic rings. The van der Waals surface area contributed by atoms with E-state index in [2.05, 4.69) is 5.32 Å². The van der Waals surface area contributed by atoms with Crippen LogP contribution >= 0.6 is 0 Å². The molecule has 0 aromatic heterocycles. The fourth-order valence-corrected chi connectivity index (χ4v) is 2.75. The van der Waals surface area contributed by atoms with Gasteiger partial charge in [0.1, 0.15) is 12.1 Å². The molecule has 1 rings (SSSR count). The normalized spacial score (nSPS) is 18.5. The van der Waals surface area contributed by atoms with Crippen molar-refractivity contribution in [3.05, 3.63) is 0 Å². The Kier molecular flexibility index (Phi) is 7.50. The Bertz CT molecular complexity index is 462. The van der Waals surface area contributed by atoms with Crippen LogP contribution in [-0.4, -0.2) is 41.2 Å². The molecule has 0 heterocycles. The molecule has 0 aromatic rings. The fourth-order valence-electron chi connectivity index (χ4n) is 2.75. The lowest BCUT2D eigenvalue weighted by atomic mass is 9.87. The Morgan fingerprint density at radius 3 is 2.21 bits per heavy atom. The quantitative estimate of drug-likeness (QED) is 0.653. The van der Waals surface area contributed by atoms with Gasteiger partial charge in [-0.3, -0.25) is 9.59 Å². The summed E-state index contributed by atoms with van der Waals surface area (Å²) in [5, 5.41) is 13.0. The van der Waals surface area contributed by atoms with Crippen molar-refractivity contribution in [1.82, 2.24) is 10.6 Å². The van der Waals surface area contributed by atoms with Gasteiger partial charge in [0.05, 0.1) is 6.42 Å². The van der Waals surface area contributed by atoms with Gasteiger partial charge >= 0.3 is 12.1 Å². The van der Waals surface area contributed by atoms with Crippen LogP contribution in [0, 0.1) is 5.92 Å². The van der Waals surface area contributed by atoms with E-state index in [1.807, 2.05) is 5.32 Å². The zero-order chi connectivity index (χ0) is 18.3. The predicted octanol–water partition coefficient (Wildman–Crippen LogP) is 1.98. The molecule has 0 aromatic carbocycles. The number of hydrogen-bond donors (Lipinski definition) is 3. The van der Waals surface area contributed by atoms with E-state index in [1.54, 1.807) is 0 Å². The lowest BCUT2D eigenvalue weighted by Crippen LogP contribution is -2.51. The average Bonchev–Trinajstić information content (AvgIpc) is 2.45. The zero-order valence-corrected chi connectivity index (χ0v) is 13.5. The smallest absolute Gasteiger partial charge is 0.391 e. The first-order valence-corrected chi connectivity index (χ1v) is 7.98. The molecule has 9 heteroatoms. The Morgan fingerprint density at radius 2 is 1.71 bits per heavy atom. The molecular formula is C15H23F3N2O4. The molecule has 0 radical (unpaired) electrons. The molecule has 6 nitrogen and oxygen atoms in total. The van der Waals surface area contributed by atoms with Crippen molar-refractivity contribution < 1.29 is 32.7 Å². The van der Waals surface area contributed by atoms with Crippen molar-refractivity contribution in [2.24, 2.45) is 5.92 Å². The molecule has 3 N–H and O–H groups in total. The highest BCUT2D eigenvalue weighted by atomic mass is 19.4. The first-order chi connectivity index (χ1) is 11.1. The van der Waals surface area contributed by atoms with E-state index in [4.69, 9.17) is 5.11 Å². The molecule has 2 unspecified atom stereocenters. The summed E-state index contributed by atoms with van der Waals surface area (Å²) in [5.74, 6) is -2.83.